The van der Waals surface area contributed by atoms with Crippen LogP contribution in [-0.2, 0) is 12.8 Å². The molecule has 0 radical (unpaired) electrons. The largest absolute Gasteiger partial charge is 0.489 e. The first-order valence-electron chi connectivity index (χ1n) is 9.13. The fraction of sp³-hybridized carbons (Fsp3) is 0.143. The molecule has 7 nitrogen and oxygen atoms in total. The number of nitrogens with zero attached hydrogens (tertiary/aromatic N) is 4. The minimum atomic E-state index is -4.51. The molecular formula is C21H15F3N4O3. The Labute approximate surface area is 173 Å². The molecular weight excluding hydrogens is 413 g/mol. The molecule has 2 heterocycles. The van der Waals surface area contributed by atoms with Crippen molar-refractivity contribution in [3.05, 3.63) is 87.7 Å². The molecule has 0 bridgehead atoms. The lowest BCUT2D eigenvalue weighted by molar-refractivity contribution is -0.384. The summed E-state index contributed by atoms with van der Waals surface area (Å²) in [6.07, 6.45) is -2.96. The van der Waals surface area contributed by atoms with Gasteiger partial charge in [0.1, 0.15) is 12.4 Å². The molecule has 4 aromatic rings. The van der Waals surface area contributed by atoms with Crippen molar-refractivity contribution in [1.82, 2.24) is 14.6 Å². The zero-order chi connectivity index (χ0) is 22.2. The van der Waals surface area contributed by atoms with Gasteiger partial charge < -0.3 is 4.74 Å². The van der Waals surface area contributed by atoms with Gasteiger partial charge in [0.05, 0.1) is 27.4 Å². The Morgan fingerprint density at radius 2 is 1.81 bits per heavy atom. The van der Waals surface area contributed by atoms with Crippen LogP contribution in [0, 0.1) is 17.0 Å². The molecule has 0 atom stereocenters. The smallest absolute Gasteiger partial charge is 0.417 e. The molecule has 2 aromatic carbocycles. The van der Waals surface area contributed by atoms with Gasteiger partial charge in [-0.15, -0.1) is 0 Å². The third-order valence-electron chi connectivity index (χ3n) is 4.72. The molecule has 0 amide bonds. The summed E-state index contributed by atoms with van der Waals surface area (Å²) in [7, 11) is 0. The third kappa shape index (κ3) is 4.04. The first kappa shape index (κ1) is 20.3. The number of hydrogen-bond acceptors (Lipinski definition) is 5. The maximum absolute atomic E-state index is 13.4. The van der Waals surface area contributed by atoms with Crippen LogP contribution in [0.15, 0.2) is 60.8 Å². The number of alkyl halides is 3. The lowest BCUT2D eigenvalue weighted by atomic mass is 10.0. The van der Waals surface area contributed by atoms with E-state index in [2.05, 4.69) is 10.1 Å². The number of hydrogen-bond donors (Lipinski definition) is 0. The molecule has 158 valence electrons. The van der Waals surface area contributed by atoms with Gasteiger partial charge in [0.25, 0.3) is 5.69 Å². The van der Waals surface area contributed by atoms with Crippen molar-refractivity contribution >= 4 is 11.3 Å². The number of non-ortho nitro benzene ring substituents is 1. The molecule has 0 spiro atoms. The number of aromatic nitrogens is 3. The van der Waals surface area contributed by atoms with Crippen molar-refractivity contribution < 1.29 is 22.8 Å². The van der Waals surface area contributed by atoms with Gasteiger partial charge in [-0.05, 0) is 31.2 Å². The zero-order valence-electron chi connectivity index (χ0n) is 16.1. The molecule has 0 N–H and O–H groups in total. The summed E-state index contributed by atoms with van der Waals surface area (Å²) in [6, 6.07) is 12.3. The summed E-state index contributed by atoms with van der Waals surface area (Å²) in [5, 5.41) is 15.1. The molecule has 0 aliphatic heterocycles. The van der Waals surface area contributed by atoms with E-state index in [0.717, 1.165) is 6.07 Å². The van der Waals surface area contributed by atoms with Crippen LogP contribution in [0.5, 0.6) is 5.75 Å². The second-order valence-electron chi connectivity index (χ2n) is 6.73. The van der Waals surface area contributed by atoms with Gasteiger partial charge in [0, 0.05) is 23.9 Å². The van der Waals surface area contributed by atoms with Gasteiger partial charge in [0.2, 0.25) is 0 Å². The molecule has 0 unspecified atom stereocenters. The first-order chi connectivity index (χ1) is 14.7. The summed E-state index contributed by atoms with van der Waals surface area (Å²) in [5.74, 6) is 0.405. The highest BCUT2D eigenvalue weighted by atomic mass is 19.4. The Hall–Kier alpha value is -3.95. The molecule has 0 fully saturated rings. The monoisotopic (exact) mass is 428 g/mol. The highest BCUT2D eigenvalue weighted by Crippen LogP contribution is 2.36. The lowest BCUT2D eigenvalue weighted by Gasteiger charge is -2.12. The van der Waals surface area contributed by atoms with Gasteiger partial charge >= 0.3 is 6.18 Å². The molecule has 4 rings (SSSR count). The van der Waals surface area contributed by atoms with Crippen LogP contribution in [0.1, 0.15) is 16.8 Å². The quantitative estimate of drug-likeness (QED) is 0.322. The number of fused-ring (bicyclic) bond motifs is 1. The van der Waals surface area contributed by atoms with Crippen LogP contribution in [0.4, 0.5) is 18.9 Å². The minimum Gasteiger partial charge on any atom is -0.489 e. The van der Waals surface area contributed by atoms with E-state index in [-0.39, 0.29) is 23.6 Å². The fourth-order valence-corrected chi connectivity index (χ4v) is 3.18. The van der Waals surface area contributed by atoms with E-state index in [1.165, 1.54) is 53.0 Å². The minimum absolute atomic E-state index is 0.0291. The van der Waals surface area contributed by atoms with E-state index in [1.807, 2.05) is 0 Å². The Morgan fingerprint density at radius 3 is 2.48 bits per heavy atom. The van der Waals surface area contributed by atoms with Crippen LogP contribution in [0.3, 0.4) is 0 Å². The first-order valence-corrected chi connectivity index (χ1v) is 9.13. The van der Waals surface area contributed by atoms with Crippen molar-refractivity contribution in [1.29, 1.82) is 0 Å². The van der Waals surface area contributed by atoms with Gasteiger partial charge in [-0.25, -0.2) is 9.50 Å². The Bertz CT molecular complexity index is 1270. The van der Waals surface area contributed by atoms with Gasteiger partial charge in [-0.1, -0.05) is 18.2 Å². The molecule has 0 saturated carbocycles. The summed E-state index contributed by atoms with van der Waals surface area (Å²) in [4.78, 5) is 14.7. The molecule has 31 heavy (non-hydrogen) atoms. The topological polar surface area (TPSA) is 82.6 Å². The number of nitro groups is 1. The van der Waals surface area contributed by atoms with Crippen LogP contribution < -0.4 is 4.74 Å². The zero-order valence-corrected chi connectivity index (χ0v) is 16.1. The number of ether oxygens (including phenoxy) is 1. The van der Waals surface area contributed by atoms with Crippen molar-refractivity contribution in [2.75, 3.05) is 0 Å². The molecule has 0 aliphatic rings. The van der Waals surface area contributed by atoms with Gasteiger partial charge in [0.15, 0.2) is 5.65 Å². The normalized spacial score (nSPS) is 11.6. The number of rotatable bonds is 5. The van der Waals surface area contributed by atoms with E-state index in [0.29, 0.717) is 22.7 Å². The Balaban J connectivity index is 1.68. The SMILES string of the molecule is Cc1nn2ccc(-c3ccccc3C(F)(F)F)nc2c1COc1ccc([N+](=O)[O-])cc1. The van der Waals surface area contributed by atoms with Crippen molar-refractivity contribution in [3.63, 3.8) is 0 Å². The van der Waals surface area contributed by atoms with Crippen LogP contribution >= 0.6 is 0 Å². The number of aryl methyl sites for hydroxylation is 1. The maximum Gasteiger partial charge on any atom is 0.417 e. The van der Waals surface area contributed by atoms with Crippen molar-refractivity contribution in [3.8, 4) is 17.0 Å². The third-order valence-corrected chi connectivity index (χ3v) is 4.72. The Kier molecular flexibility index (Phi) is 5.05. The van der Waals surface area contributed by atoms with Crippen LogP contribution in [0.2, 0.25) is 0 Å². The number of benzene rings is 2. The highest BCUT2D eigenvalue weighted by molar-refractivity contribution is 5.67. The standard InChI is InChI=1S/C21H15F3N4O3/c1-13-17(12-31-15-8-6-14(7-9-15)28(29)30)20-25-19(10-11-27(20)26-13)16-4-2-3-5-18(16)21(22,23)24/h2-11H,12H2,1H3. The predicted octanol–water partition coefficient (Wildman–Crippen LogP) is 5.21. The van der Waals surface area contributed by atoms with Crippen LogP contribution in [-0.4, -0.2) is 19.5 Å². The summed E-state index contributed by atoms with van der Waals surface area (Å²) >= 11 is 0. The van der Waals surface area contributed by atoms with Crippen LogP contribution in [0.25, 0.3) is 16.9 Å². The Morgan fingerprint density at radius 1 is 1.10 bits per heavy atom. The number of nitro benzene ring substituents is 1. The van der Waals surface area contributed by atoms with Crippen molar-refractivity contribution in [2.24, 2.45) is 0 Å². The van der Waals surface area contributed by atoms with E-state index in [4.69, 9.17) is 4.74 Å². The molecule has 0 saturated heterocycles. The van der Waals surface area contributed by atoms with E-state index >= 15 is 0 Å². The average molecular weight is 428 g/mol. The summed E-state index contributed by atoms with van der Waals surface area (Å²) in [5.41, 5.74) is 0.880. The molecule has 0 aliphatic carbocycles. The van der Waals surface area contributed by atoms with Gasteiger partial charge in [-0.3, -0.25) is 10.1 Å². The van der Waals surface area contributed by atoms with E-state index in [1.54, 1.807) is 13.1 Å². The summed E-state index contributed by atoms with van der Waals surface area (Å²) in [6.45, 7) is 1.79. The number of halogens is 3. The predicted molar refractivity (Wildman–Crippen MR) is 106 cm³/mol. The molecule has 2 aromatic heterocycles. The summed E-state index contributed by atoms with van der Waals surface area (Å²) < 4.78 is 47.4. The van der Waals surface area contributed by atoms with E-state index < -0.39 is 16.7 Å². The average Bonchev–Trinajstić information content (AvgIpc) is 3.06. The second kappa shape index (κ2) is 7.71. The maximum atomic E-state index is 13.4. The van der Waals surface area contributed by atoms with Gasteiger partial charge in [-0.2, -0.15) is 18.3 Å². The van der Waals surface area contributed by atoms with Crippen molar-refractivity contribution in [2.45, 2.75) is 19.7 Å². The highest BCUT2D eigenvalue weighted by Gasteiger charge is 2.33. The lowest BCUT2D eigenvalue weighted by Crippen LogP contribution is -2.07. The van der Waals surface area contributed by atoms with E-state index in [9.17, 15) is 23.3 Å². The second-order valence-corrected chi connectivity index (χ2v) is 6.73. The fourth-order valence-electron chi connectivity index (χ4n) is 3.18. The molecule has 10 heteroatoms.